The fourth-order valence-corrected chi connectivity index (χ4v) is 2.73. The van der Waals surface area contributed by atoms with Crippen LogP contribution < -0.4 is 9.47 Å². The summed E-state index contributed by atoms with van der Waals surface area (Å²) in [5.41, 5.74) is 1.75. The first-order chi connectivity index (χ1) is 13.8. The Morgan fingerprint density at radius 1 is 1.07 bits per heavy atom. The Morgan fingerprint density at radius 3 is 2.21 bits per heavy atom. The van der Waals surface area contributed by atoms with Crippen LogP contribution in [0.25, 0.3) is 0 Å². The zero-order chi connectivity index (χ0) is 21.4. The van der Waals surface area contributed by atoms with Gasteiger partial charge in [0.15, 0.2) is 0 Å². The molecule has 0 amide bonds. The van der Waals surface area contributed by atoms with Gasteiger partial charge in [0.1, 0.15) is 25.2 Å². The molecular weight excluding hydrogens is 383 g/mol. The molecule has 2 aromatic carbocycles. The molecule has 0 spiro atoms. The summed E-state index contributed by atoms with van der Waals surface area (Å²) in [5, 5.41) is 3.60. The number of aryl methyl sites for hydroxylation is 2. The van der Waals surface area contributed by atoms with Crippen LogP contribution in [0.4, 0.5) is 13.2 Å². The van der Waals surface area contributed by atoms with Crippen molar-refractivity contribution in [2.45, 2.75) is 33.1 Å². The molecule has 1 unspecified atom stereocenters. The van der Waals surface area contributed by atoms with E-state index in [-0.39, 0.29) is 11.3 Å². The second-order valence-corrected chi connectivity index (χ2v) is 6.39. The van der Waals surface area contributed by atoms with E-state index >= 15 is 0 Å². The maximum atomic E-state index is 13.7. The number of rotatable bonds is 8. The first-order valence-electron chi connectivity index (χ1n) is 9.01. The van der Waals surface area contributed by atoms with Crippen molar-refractivity contribution in [2.75, 3.05) is 13.7 Å². The molecule has 0 heterocycles. The van der Waals surface area contributed by atoms with E-state index in [2.05, 4.69) is 9.99 Å². The van der Waals surface area contributed by atoms with Gasteiger partial charge in [0.05, 0.1) is 6.21 Å². The quantitative estimate of drug-likeness (QED) is 0.310. The highest BCUT2D eigenvalue weighted by atomic mass is 19.4. The average molecular weight is 407 g/mol. The summed E-state index contributed by atoms with van der Waals surface area (Å²) in [5.74, 6) is 0.770. The molecule has 0 bridgehead atoms. The molecule has 2 aromatic rings. The summed E-state index contributed by atoms with van der Waals surface area (Å²) in [6.07, 6.45) is -1.56. The van der Waals surface area contributed by atoms with Gasteiger partial charge in [-0.3, -0.25) is 0 Å². The molecule has 0 N–H and O–H groups in total. The third-order valence-electron chi connectivity index (χ3n) is 4.10. The fourth-order valence-electron chi connectivity index (χ4n) is 2.73. The zero-order valence-corrected chi connectivity index (χ0v) is 16.8. The monoisotopic (exact) mass is 407 g/mol. The van der Waals surface area contributed by atoms with Crippen LogP contribution in [0, 0.1) is 13.8 Å². The second kappa shape index (κ2) is 10.0. The molecule has 0 aliphatic rings. The highest BCUT2D eigenvalue weighted by molar-refractivity contribution is 5.79. The molecule has 0 fully saturated rings. The first kappa shape index (κ1) is 22.3. The van der Waals surface area contributed by atoms with E-state index < -0.39 is 12.3 Å². The van der Waals surface area contributed by atoms with Crippen LogP contribution in [0.5, 0.6) is 11.5 Å². The predicted molar refractivity (Wildman–Crippen MR) is 107 cm³/mol. The molecule has 156 valence electrons. The van der Waals surface area contributed by atoms with Crippen molar-refractivity contribution in [3.05, 3.63) is 70.8 Å². The summed E-state index contributed by atoms with van der Waals surface area (Å²) in [6.45, 7) is 5.66. The lowest BCUT2D eigenvalue weighted by molar-refractivity contribution is -0.198. The third-order valence-corrected chi connectivity index (χ3v) is 4.10. The van der Waals surface area contributed by atoms with Gasteiger partial charge in [-0.2, -0.15) is 13.2 Å². The zero-order valence-electron chi connectivity index (χ0n) is 16.8. The normalized spacial score (nSPS) is 13.1. The molecule has 0 aromatic heterocycles. The Balaban J connectivity index is 2.30. The van der Waals surface area contributed by atoms with E-state index in [9.17, 15) is 13.2 Å². The van der Waals surface area contributed by atoms with Crippen molar-refractivity contribution in [3.63, 3.8) is 0 Å². The lowest BCUT2D eigenvalue weighted by atomic mass is 10.1. The molecule has 0 saturated heterocycles. The summed E-state index contributed by atoms with van der Waals surface area (Å²) in [4.78, 5) is 4.57. The largest absolute Gasteiger partial charge is 0.490 e. The van der Waals surface area contributed by atoms with Gasteiger partial charge in [-0.25, -0.2) is 0 Å². The minimum absolute atomic E-state index is 0.000670. The molecule has 7 heteroatoms. The number of hydrogen-bond acceptors (Lipinski definition) is 4. The fraction of sp³-hybridized carbons (Fsp3) is 0.318. The Morgan fingerprint density at radius 2 is 1.69 bits per heavy atom. The molecule has 1 atom stereocenters. The Hall–Kier alpha value is -2.96. The average Bonchev–Trinajstić information content (AvgIpc) is 2.66. The number of hydrogen-bond donors (Lipinski definition) is 0. The second-order valence-electron chi connectivity index (χ2n) is 6.39. The van der Waals surface area contributed by atoms with Crippen LogP contribution in [0.2, 0.25) is 0 Å². The number of benzene rings is 2. The summed E-state index contributed by atoms with van der Waals surface area (Å²) in [7, 11) is 1.39. The molecule has 0 aliphatic heterocycles. The standard InChI is InChI=1S/C22H24F3NO3/c1-5-6-11-28-19-12-15(2)20(16(3)13-19)29-21(22(23,24)25)18-9-7-17(8-10-18)14-26-27-4/h5-10,12-14,21H,11H2,1-4H3/b6-5+,26-14-. The van der Waals surface area contributed by atoms with Gasteiger partial charge in [-0.05, 0) is 49.6 Å². The van der Waals surface area contributed by atoms with Crippen LogP contribution >= 0.6 is 0 Å². The minimum Gasteiger partial charge on any atom is -0.490 e. The van der Waals surface area contributed by atoms with Gasteiger partial charge in [0, 0.05) is 5.56 Å². The predicted octanol–water partition coefficient (Wildman–Crippen LogP) is 5.92. The van der Waals surface area contributed by atoms with Crippen LogP contribution in [-0.2, 0) is 4.84 Å². The van der Waals surface area contributed by atoms with Gasteiger partial charge >= 0.3 is 6.18 Å². The van der Waals surface area contributed by atoms with E-state index in [0.29, 0.717) is 29.0 Å². The van der Waals surface area contributed by atoms with Gasteiger partial charge in [-0.1, -0.05) is 41.6 Å². The summed E-state index contributed by atoms with van der Waals surface area (Å²) >= 11 is 0. The molecule has 0 saturated carbocycles. The summed E-state index contributed by atoms with van der Waals surface area (Å²) in [6, 6.07) is 9.13. The van der Waals surface area contributed by atoms with E-state index in [1.54, 1.807) is 26.0 Å². The minimum atomic E-state index is -4.58. The maximum Gasteiger partial charge on any atom is 0.429 e. The lowest BCUT2D eigenvalue weighted by Gasteiger charge is -2.24. The Bertz CT molecular complexity index is 836. The highest BCUT2D eigenvalue weighted by Gasteiger charge is 2.43. The highest BCUT2D eigenvalue weighted by Crippen LogP contribution is 2.39. The molecular formula is C22H24F3NO3. The van der Waals surface area contributed by atoms with Gasteiger partial charge in [-0.15, -0.1) is 0 Å². The summed E-state index contributed by atoms with van der Waals surface area (Å²) < 4.78 is 52.3. The topological polar surface area (TPSA) is 40.0 Å². The SMILES string of the molecule is C/C=C/COc1cc(C)c(OC(c2ccc(/C=N\OC)cc2)C(F)(F)F)c(C)c1. The van der Waals surface area contributed by atoms with Crippen molar-refractivity contribution in [1.29, 1.82) is 0 Å². The third kappa shape index (κ3) is 6.27. The Labute approximate surface area is 168 Å². The van der Waals surface area contributed by atoms with Crippen LogP contribution in [0.3, 0.4) is 0 Å². The number of ether oxygens (including phenoxy) is 2. The smallest absolute Gasteiger partial charge is 0.429 e. The van der Waals surface area contributed by atoms with E-state index in [1.165, 1.54) is 37.6 Å². The first-order valence-corrected chi connectivity index (χ1v) is 9.01. The lowest BCUT2D eigenvalue weighted by Crippen LogP contribution is -2.26. The van der Waals surface area contributed by atoms with Crippen molar-refractivity contribution >= 4 is 6.21 Å². The van der Waals surface area contributed by atoms with Crippen molar-refractivity contribution < 1.29 is 27.5 Å². The van der Waals surface area contributed by atoms with Gasteiger partial charge < -0.3 is 14.3 Å². The Kier molecular flexibility index (Phi) is 7.70. The van der Waals surface area contributed by atoms with Crippen molar-refractivity contribution in [2.24, 2.45) is 5.16 Å². The molecule has 0 radical (unpaired) electrons. The van der Waals surface area contributed by atoms with Crippen molar-refractivity contribution in [1.82, 2.24) is 0 Å². The number of nitrogens with zero attached hydrogens (tertiary/aromatic N) is 1. The van der Waals surface area contributed by atoms with E-state index in [0.717, 1.165) is 0 Å². The maximum absolute atomic E-state index is 13.7. The van der Waals surface area contributed by atoms with Crippen LogP contribution in [0.15, 0.2) is 53.7 Å². The molecule has 29 heavy (non-hydrogen) atoms. The number of halogens is 3. The van der Waals surface area contributed by atoms with Gasteiger partial charge in [0.25, 0.3) is 0 Å². The van der Waals surface area contributed by atoms with Crippen LogP contribution in [-0.4, -0.2) is 26.1 Å². The number of oxime groups is 1. The molecule has 4 nitrogen and oxygen atoms in total. The molecule has 0 aliphatic carbocycles. The number of alkyl halides is 3. The van der Waals surface area contributed by atoms with Crippen molar-refractivity contribution in [3.8, 4) is 11.5 Å². The number of allylic oxidation sites excluding steroid dienone is 1. The van der Waals surface area contributed by atoms with E-state index in [4.69, 9.17) is 9.47 Å². The van der Waals surface area contributed by atoms with Crippen LogP contribution in [0.1, 0.15) is 35.3 Å². The van der Waals surface area contributed by atoms with E-state index in [1.807, 2.05) is 19.1 Å². The molecule has 2 rings (SSSR count). The van der Waals surface area contributed by atoms with Gasteiger partial charge in [0.2, 0.25) is 6.10 Å².